The standard InChI is InChI=1S/C15H12Br2FNO/c1-9(11-4-2-3-5-12(11)16)19-15(20)10-6-7-13(17)14(18)8-10/h2-9H,1H3,(H,19,20). The summed E-state index contributed by atoms with van der Waals surface area (Å²) < 4.78 is 14.7. The highest BCUT2D eigenvalue weighted by Gasteiger charge is 2.14. The maximum absolute atomic E-state index is 13.4. The van der Waals surface area contributed by atoms with Crippen molar-refractivity contribution in [3.05, 3.63) is 68.4 Å². The lowest BCUT2D eigenvalue weighted by Crippen LogP contribution is -2.26. The third-order valence-electron chi connectivity index (χ3n) is 2.90. The first-order valence-corrected chi connectivity index (χ1v) is 7.58. The summed E-state index contributed by atoms with van der Waals surface area (Å²) in [6.07, 6.45) is 0. The molecule has 2 aromatic carbocycles. The Bertz CT molecular complexity index is 646. The Morgan fingerprint density at radius 3 is 2.50 bits per heavy atom. The van der Waals surface area contributed by atoms with Gasteiger partial charge in [-0.3, -0.25) is 4.79 Å². The Kier molecular flexibility index (Phi) is 4.94. The zero-order valence-corrected chi connectivity index (χ0v) is 13.8. The van der Waals surface area contributed by atoms with E-state index in [0.717, 1.165) is 10.0 Å². The van der Waals surface area contributed by atoms with E-state index < -0.39 is 5.82 Å². The molecule has 104 valence electrons. The summed E-state index contributed by atoms with van der Waals surface area (Å²) >= 11 is 6.51. The summed E-state index contributed by atoms with van der Waals surface area (Å²) in [4.78, 5) is 12.1. The molecule has 0 heterocycles. The third kappa shape index (κ3) is 3.46. The van der Waals surface area contributed by atoms with Gasteiger partial charge in [0.2, 0.25) is 0 Å². The van der Waals surface area contributed by atoms with E-state index in [1.54, 1.807) is 6.07 Å². The van der Waals surface area contributed by atoms with Crippen molar-refractivity contribution in [3.63, 3.8) is 0 Å². The van der Waals surface area contributed by atoms with Gasteiger partial charge in [0, 0.05) is 10.0 Å². The second kappa shape index (κ2) is 6.50. The number of nitrogens with one attached hydrogen (secondary N) is 1. The molecule has 0 aliphatic carbocycles. The van der Waals surface area contributed by atoms with Gasteiger partial charge in [-0.1, -0.05) is 34.1 Å². The zero-order chi connectivity index (χ0) is 14.7. The quantitative estimate of drug-likeness (QED) is 0.784. The molecule has 1 atom stereocenters. The van der Waals surface area contributed by atoms with Crippen molar-refractivity contribution in [1.82, 2.24) is 5.32 Å². The molecule has 0 aromatic heterocycles. The lowest BCUT2D eigenvalue weighted by molar-refractivity contribution is 0.0939. The molecule has 20 heavy (non-hydrogen) atoms. The van der Waals surface area contributed by atoms with Gasteiger partial charge in [-0.15, -0.1) is 0 Å². The molecule has 0 saturated heterocycles. The highest BCUT2D eigenvalue weighted by molar-refractivity contribution is 9.10. The summed E-state index contributed by atoms with van der Waals surface area (Å²) in [6, 6.07) is 11.8. The molecule has 0 radical (unpaired) electrons. The van der Waals surface area contributed by atoms with Crippen molar-refractivity contribution in [2.24, 2.45) is 0 Å². The van der Waals surface area contributed by atoms with Crippen LogP contribution in [0, 0.1) is 5.82 Å². The van der Waals surface area contributed by atoms with Crippen LogP contribution in [-0.4, -0.2) is 5.91 Å². The second-order valence-corrected chi connectivity index (χ2v) is 6.05. The van der Waals surface area contributed by atoms with Crippen LogP contribution in [0.25, 0.3) is 0 Å². The van der Waals surface area contributed by atoms with Crippen LogP contribution < -0.4 is 5.32 Å². The smallest absolute Gasteiger partial charge is 0.251 e. The molecule has 2 aromatic rings. The van der Waals surface area contributed by atoms with Crippen LogP contribution in [0.3, 0.4) is 0 Å². The first-order chi connectivity index (χ1) is 9.49. The Labute approximate surface area is 133 Å². The molecular formula is C15H12Br2FNO. The molecule has 1 N–H and O–H groups in total. The van der Waals surface area contributed by atoms with Crippen molar-refractivity contribution in [2.45, 2.75) is 13.0 Å². The number of halogens is 3. The van der Waals surface area contributed by atoms with Gasteiger partial charge in [-0.2, -0.15) is 0 Å². The van der Waals surface area contributed by atoms with E-state index in [4.69, 9.17) is 0 Å². The average Bonchev–Trinajstić information content (AvgIpc) is 2.42. The normalized spacial score (nSPS) is 12.0. The third-order valence-corrected chi connectivity index (χ3v) is 4.27. The van der Waals surface area contributed by atoms with E-state index in [0.29, 0.717) is 10.0 Å². The SMILES string of the molecule is CC(NC(=O)c1ccc(Br)c(F)c1)c1ccccc1Br. The lowest BCUT2D eigenvalue weighted by Gasteiger charge is -2.16. The zero-order valence-electron chi connectivity index (χ0n) is 10.7. The van der Waals surface area contributed by atoms with Crippen molar-refractivity contribution in [1.29, 1.82) is 0 Å². The van der Waals surface area contributed by atoms with Gasteiger partial charge in [0.15, 0.2) is 0 Å². The van der Waals surface area contributed by atoms with E-state index in [1.165, 1.54) is 12.1 Å². The molecule has 5 heteroatoms. The fourth-order valence-corrected chi connectivity index (χ4v) is 2.70. The molecule has 0 bridgehead atoms. The predicted octanol–water partition coefficient (Wildman–Crippen LogP) is 4.84. The van der Waals surface area contributed by atoms with Gasteiger partial charge >= 0.3 is 0 Å². The minimum Gasteiger partial charge on any atom is -0.345 e. The van der Waals surface area contributed by atoms with Crippen LogP contribution >= 0.6 is 31.9 Å². The first kappa shape index (κ1) is 15.2. The molecule has 2 rings (SSSR count). The number of carbonyl (C=O) groups is 1. The highest BCUT2D eigenvalue weighted by Crippen LogP contribution is 2.23. The van der Waals surface area contributed by atoms with E-state index in [-0.39, 0.29) is 11.9 Å². The van der Waals surface area contributed by atoms with Gasteiger partial charge in [-0.25, -0.2) is 4.39 Å². The summed E-state index contributed by atoms with van der Waals surface area (Å²) in [5.74, 6) is -0.758. The lowest BCUT2D eigenvalue weighted by atomic mass is 10.1. The van der Waals surface area contributed by atoms with Gasteiger partial charge in [-0.05, 0) is 52.7 Å². The summed E-state index contributed by atoms with van der Waals surface area (Å²) in [6.45, 7) is 1.88. The van der Waals surface area contributed by atoms with E-state index in [9.17, 15) is 9.18 Å². The van der Waals surface area contributed by atoms with Crippen LogP contribution in [0.2, 0.25) is 0 Å². The molecule has 0 fully saturated rings. The van der Waals surface area contributed by atoms with E-state index >= 15 is 0 Å². The van der Waals surface area contributed by atoms with Crippen molar-refractivity contribution in [2.75, 3.05) is 0 Å². The van der Waals surface area contributed by atoms with Crippen LogP contribution in [0.4, 0.5) is 4.39 Å². The average molecular weight is 401 g/mol. The molecule has 0 aliphatic heterocycles. The minimum absolute atomic E-state index is 0.176. The van der Waals surface area contributed by atoms with Crippen molar-refractivity contribution >= 4 is 37.8 Å². The molecule has 1 amide bonds. The number of amides is 1. The van der Waals surface area contributed by atoms with Crippen LogP contribution in [-0.2, 0) is 0 Å². The number of hydrogen-bond acceptors (Lipinski definition) is 1. The number of benzene rings is 2. The van der Waals surface area contributed by atoms with Gasteiger partial charge in [0.1, 0.15) is 5.82 Å². The molecular weight excluding hydrogens is 389 g/mol. The Morgan fingerprint density at radius 2 is 1.85 bits per heavy atom. The Hall–Kier alpha value is -1.20. The second-order valence-electron chi connectivity index (χ2n) is 4.35. The summed E-state index contributed by atoms with van der Waals surface area (Å²) in [5, 5.41) is 2.85. The Morgan fingerprint density at radius 1 is 1.15 bits per heavy atom. The fourth-order valence-electron chi connectivity index (χ4n) is 1.82. The van der Waals surface area contributed by atoms with Crippen molar-refractivity contribution < 1.29 is 9.18 Å². The van der Waals surface area contributed by atoms with E-state index in [2.05, 4.69) is 37.2 Å². The van der Waals surface area contributed by atoms with Crippen LogP contribution in [0.15, 0.2) is 51.4 Å². The van der Waals surface area contributed by atoms with Crippen LogP contribution in [0.1, 0.15) is 28.9 Å². The van der Waals surface area contributed by atoms with Gasteiger partial charge in [0.25, 0.3) is 5.91 Å². The largest absolute Gasteiger partial charge is 0.345 e. The monoisotopic (exact) mass is 399 g/mol. The minimum atomic E-state index is -0.453. The fraction of sp³-hybridized carbons (Fsp3) is 0.133. The first-order valence-electron chi connectivity index (χ1n) is 5.99. The predicted molar refractivity (Wildman–Crippen MR) is 84.1 cm³/mol. The number of carbonyl (C=O) groups excluding carboxylic acids is 1. The molecule has 0 aliphatic rings. The Balaban J connectivity index is 2.15. The number of hydrogen-bond donors (Lipinski definition) is 1. The topological polar surface area (TPSA) is 29.1 Å². The molecule has 0 spiro atoms. The molecule has 2 nitrogen and oxygen atoms in total. The molecule has 0 saturated carbocycles. The van der Waals surface area contributed by atoms with Crippen molar-refractivity contribution in [3.8, 4) is 0 Å². The summed E-state index contributed by atoms with van der Waals surface area (Å²) in [5.41, 5.74) is 1.27. The van der Waals surface area contributed by atoms with Gasteiger partial charge < -0.3 is 5.32 Å². The maximum Gasteiger partial charge on any atom is 0.251 e. The highest BCUT2D eigenvalue weighted by atomic mass is 79.9. The number of rotatable bonds is 3. The molecule has 1 unspecified atom stereocenters. The summed E-state index contributed by atoms with van der Waals surface area (Å²) in [7, 11) is 0. The van der Waals surface area contributed by atoms with E-state index in [1.807, 2.05) is 31.2 Å². The maximum atomic E-state index is 13.4. The van der Waals surface area contributed by atoms with Gasteiger partial charge in [0.05, 0.1) is 10.5 Å². The van der Waals surface area contributed by atoms with Crippen LogP contribution in [0.5, 0.6) is 0 Å².